The van der Waals surface area contributed by atoms with Crippen LogP contribution in [-0.4, -0.2) is 126 Å². The molecule has 0 radical (unpaired) electrons. The van der Waals surface area contributed by atoms with E-state index < -0.39 is 137 Å². The van der Waals surface area contributed by atoms with E-state index in [4.69, 9.17) is 57.4 Å². The second-order valence-corrected chi connectivity index (χ2v) is 27.9. The monoisotopic (exact) mass is 1230 g/mol. The summed E-state index contributed by atoms with van der Waals surface area (Å²) in [6, 6.07) is 2.90. The van der Waals surface area contributed by atoms with E-state index in [2.05, 4.69) is 15.6 Å². The van der Waals surface area contributed by atoms with Gasteiger partial charge in [-0.05, 0) is 108 Å². The van der Waals surface area contributed by atoms with Gasteiger partial charge in [0, 0.05) is 125 Å². The second-order valence-electron chi connectivity index (χ2n) is 26.6. The molecule has 25 nitrogen and oxygen atoms in total. The Balaban J connectivity index is 1.16. The molecule has 6 aliphatic heterocycles. The van der Waals surface area contributed by atoms with Crippen LogP contribution in [0.5, 0.6) is 0 Å². The fraction of sp³-hybridized carbons (Fsp3) is 0.639. The number of carbonyl (C=O) groups is 6. The van der Waals surface area contributed by atoms with E-state index in [-0.39, 0.29) is 70.8 Å². The third kappa shape index (κ3) is 12.4. The van der Waals surface area contributed by atoms with Crippen molar-refractivity contribution < 1.29 is 62.2 Å². The summed E-state index contributed by atoms with van der Waals surface area (Å²) in [5, 5.41) is 28.3. The highest BCUT2D eigenvalue weighted by Crippen LogP contribution is 2.62. The molecular formula is C61H89N12O13P. The molecule has 0 aliphatic carbocycles. The summed E-state index contributed by atoms with van der Waals surface area (Å²) in [6.07, 6.45) is -2.93. The molecule has 1 aromatic carbocycles. The van der Waals surface area contributed by atoms with E-state index in [0.717, 1.165) is 11.1 Å². The first kappa shape index (κ1) is 66.5. The zero-order valence-electron chi connectivity index (χ0n) is 52.1. The highest BCUT2D eigenvalue weighted by molar-refractivity contribution is 7.47. The summed E-state index contributed by atoms with van der Waals surface area (Å²) < 4.78 is 32.3. The number of amides is 6. The van der Waals surface area contributed by atoms with Gasteiger partial charge in [0.1, 0.15) is 18.3 Å². The molecule has 2 saturated heterocycles. The quantitative estimate of drug-likeness (QED) is 0.0655. The molecule has 8 bridgehead atoms. The van der Waals surface area contributed by atoms with E-state index in [1.165, 1.54) is 13.3 Å². The molecule has 1 aromatic heterocycles. The van der Waals surface area contributed by atoms with Gasteiger partial charge in [-0.2, -0.15) is 0 Å². The first-order chi connectivity index (χ1) is 40.4. The van der Waals surface area contributed by atoms with Gasteiger partial charge in [0.25, 0.3) is 0 Å². The van der Waals surface area contributed by atoms with E-state index >= 15 is 0 Å². The molecule has 87 heavy (non-hydrogen) atoms. The van der Waals surface area contributed by atoms with Crippen molar-refractivity contribution in [1.29, 1.82) is 0 Å². The number of benzene rings is 1. The number of rotatable bonds is 24. The summed E-state index contributed by atoms with van der Waals surface area (Å²) in [7, 11) is -5.03. The Bertz CT molecular complexity index is 3400. The number of nitrogens with two attached hydrogens (primary N) is 5. The van der Waals surface area contributed by atoms with E-state index in [1.54, 1.807) is 4.57 Å². The second kappa shape index (κ2) is 24.5. The third-order valence-corrected chi connectivity index (χ3v) is 21.7. The Hall–Kier alpha value is -6.47. The molecule has 6 aliphatic rings. The molecule has 15 N–H and O–H groups in total. The van der Waals surface area contributed by atoms with Gasteiger partial charge in [-0.15, -0.1) is 0 Å². The minimum atomic E-state index is -5.03. The Morgan fingerprint density at radius 3 is 2.09 bits per heavy atom. The van der Waals surface area contributed by atoms with Crippen LogP contribution < -0.4 is 39.3 Å². The molecule has 2 aromatic rings. The molecule has 15 unspecified atom stereocenters. The lowest BCUT2D eigenvalue weighted by molar-refractivity contribution is -0.122. The number of aryl methyl sites for hydroxylation is 2. The fourth-order valence-corrected chi connectivity index (χ4v) is 16.2. The summed E-state index contributed by atoms with van der Waals surface area (Å²) in [4.78, 5) is 112. The van der Waals surface area contributed by atoms with E-state index in [9.17, 15) is 48.4 Å². The molecule has 8 rings (SSSR count). The van der Waals surface area contributed by atoms with Gasteiger partial charge in [0.05, 0.1) is 41.7 Å². The van der Waals surface area contributed by atoms with Gasteiger partial charge < -0.3 is 63.7 Å². The Morgan fingerprint density at radius 2 is 1.48 bits per heavy atom. The van der Waals surface area contributed by atoms with Crippen molar-refractivity contribution in [3.63, 3.8) is 0 Å². The lowest BCUT2D eigenvalue weighted by Crippen LogP contribution is -2.54. The number of hydrogen-bond donors (Lipinski definition) is 10. The van der Waals surface area contributed by atoms with Crippen LogP contribution >= 0.6 is 7.82 Å². The first-order valence-corrected chi connectivity index (χ1v) is 31.4. The zero-order valence-corrected chi connectivity index (χ0v) is 53.0. The normalized spacial score (nSPS) is 34.2. The Morgan fingerprint density at radius 1 is 0.851 bits per heavy atom. The van der Waals surface area contributed by atoms with Crippen LogP contribution in [0, 0.1) is 59.2 Å². The number of aromatic nitrogens is 2. The maximum absolute atomic E-state index is 14.3. The van der Waals surface area contributed by atoms with Crippen molar-refractivity contribution in [3.05, 3.63) is 63.9 Å². The van der Waals surface area contributed by atoms with E-state index in [0.29, 0.717) is 56.4 Å². The van der Waals surface area contributed by atoms with Crippen molar-refractivity contribution in [2.24, 2.45) is 89.0 Å². The lowest BCUT2D eigenvalue weighted by atomic mass is 9.56. The molecule has 2 fully saturated rings. The number of nitrogens with zero attached hydrogens (tertiary/aromatic N) is 5. The van der Waals surface area contributed by atoms with Crippen LogP contribution in [0.4, 0.5) is 0 Å². The van der Waals surface area contributed by atoms with Crippen LogP contribution in [-0.2, 0) is 47.1 Å². The molecule has 7 heterocycles. The summed E-state index contributed by atoms with van der Waals surface area (Å²) in [5.74, 6) is -5.48. The maximum Gasteiger partial charge on any atom is 0.472 e. The van der Waals surface area contributed by atoms with Crippen molar-refractivity contribution in [3.8, 4) is 0 Å². The number of aliphatic hydroxyl groups is 2. The topological polar surface area (TPSA) is 417 Å². The number of hydrogen-bond acceptors (Lipinski definition) is 17. The summed E-state index contributed by atoms with van der Waals surface area (Å²) in [6.45, 7) is 22.1. The van der Waals surface area contributed by atoms with Gasteiger partial charge in [-0.1, -0.05) is 41.5 Å². The number of carbonyl (C=O) groups excluding carboxylic acids is 6. The van der Waals surface area contributed by atoms with Crippen LogP contribution in [0.1, 0.15) is 151 Å². The molecule has 26 heteroatoms. The van der Waals surface area contributed by atoms with Gasteiger partial charge in [-0.3, -0.25) is 52.8 Å². The number of primary amides is 5. The largest absolute Gasteiger partial charge is 0.472 e. The van der Waals surface area contributed by atoms with Gasteiger partial charge >= 0.3 is 7.82 Å². The van der Waals surface area contributed by atoms with Gasteiger partial charge in [0.15, 0.2) is 6.23 Å². The highest BCUT2D eigenvalue weighted by Gasteiger charge is 2.65. The average Bonchev–Trinajstić information content (AvgIpc) is 1.54. The van der Waals surface area contributed by atoms with Crippen LogP contribution in [0.15, 0.2) is 67.8 Å². The first-order valence-electron chi connectivity index (χ1n) is 29.9. The third-order valence-electron chi connectivity index (χ3n) is 20.5. The van der Waals surface area contributed by atoms with E-state index in [1.807, 2.05) is 94.4 Å². The van der Waals surface area contributed by atoms with Crippen molar-refractivity contribution >= 4 is 71.4 Å². The number of phosphoric acid groups is 1. The molecule has 6 amide bonds. The minimum Gasteiger partial charge on any atom is -0.394 e. The molecular weight excluding hydrogens is 1140 g/mol. The highest BCUT2D eigenvalue weighted by atomic mass is 31.2. The summed E-state index contributed by atoms with van der Waals surface area (Å²) >= 11 is 0. The predicted octanol–water partition coefficient (Wildman–Crippen LogP) is 4.31. The number of imidazole rings is 1. The average molecular weight is 1230 g/mol. The van der Waals surface area contributed by atoms with Crippen molar-refractivity contribution in [2.45, 2.75) is 190 Å². The van der Waals surface area contributed by atoms with Crippen LogP contribution in [0.3, 0.4) is 0 Å². The number of phosphoric ester groups is 1. The lowest BCUT2D eigenvalue weighted by Gasteiger charge is -2.48. The van der Waals surface area contributed by atoms with Crippen molar-refractivity contribution in [2.75, 3.05) is 13.2 Å². The molecule has 476 valence electrons. The maximum atomic E-state index is 14.3. The zero-order chi connectivity index (χ0) is 64.4. The van der Waals surface area contributed by atoms with Gasteiger partial charge in [-0.25, -0.2) is 9.55 Å². The number of aliphatic imine (C=N–C) groups is 3. The predicted molar refractivity (Wildman–Crippen MR) is 325 cm³/mol. The molecule has 0 spiro atoms. The number of fused-ring (bicyclic) bond motifs is 7. The molecule has 15 atom stereocenters. The smallest absolute Gasteiger partial charge is 0.394 e. The van der Waals surface area contributed by atoms with Gasteiger partial charge in [0.2, 0.25) is 35.4 Å². The number of nitrogens with one attached hydrogen (secondary N) is 2. The van der Waals surface area contributed by atoms with Crippen LogP contribution in [0.25, 0.3) is 11.0 Å². The summed E-state index contributed by atoms with van der Waals surface area (Å²) in [5.41, 5.74) is 33.0. The minimum absolute atomic E-state index is 0.000932. The number of ether oxygens (including phenoxy) is 1. The van der Waals surface area contributed by atoms with Crippen LogP contribution in [0.2, 0.25) is 0 Å². The van der Waals surface area contributed by atoms with Crippen molar-refractivity contribution in [1.82, 2.24) is 20.2 Å². The molecule has 0 saturated carbocycles. The SMILES string of the molecule is CC1=C2N/C(=C\C3=NC(=C(/C)C4=NC(C(CC(N)=O)C4(C)CCC(=O)NCC(C)OP(=O)(O)OC4C(CO)OC(n5cnc6cc(C)c(C)cc65)C4O)C4(C)N=C1C(C)C4(C)CCC(N)=O)/C(CCC(N)=O)C3(C)C)C(CCC(N)=O)C2(C)CC(N)=O. The number of aliphatic hydroxyl groups excluding tert-OH is 2. The number of allylic oxidation sites excluding steroid dienone is 6. The Kier molecular flexibility index (Phi) is 18.7. The standard InChI is InChI=1S/C61H89N12O13P/c1-29-21-39-40(22-30(29)2)73(28-68-39)56-51(81)52(41(27-74)84-56)86-87(82,83)85-31(3)26-67-48(80)18-19-58(9)37(23-46(65)78)55-61(12)60(11,20-17-45(64)77)34(6)49(72-61)32(4)54-59(10,25-47(66)79)35(13-15-43(62)75)38(69-54)24-42-57(7,8)36(14-16-44(63)76)50(70-42)33(5)53(58)71-55/h21-22,24,28,31,34-37,41,51-52,55-56,69,74,81H,13-20,23,25-27H2,1-12H3,(H2,62,75)(H2,63,76)(H2,64,77)(H2,65,78)(H2,66,79)(H,67,80)(H,82,83)/b38-24-,50-33-,54-32?. The Labute approximate surface area is 507 Å². The fourth-order valence-electron chi connectivity index (χ4n) is 15.1.